The highest BCUT2D eigenvalue weighted by Crippen LogP contribution is 2.34. The zero-order chi connectivity index (χ0) is 22.2. The predicted octanol–water partition coefficient (Wildman–Crippen LogP) is 3.23. The quantitative estimate of drug-likeness (QED) is 0.547. The van der Waals surface area contributed by atoms with Gasteiger partial charge in [-0.3, -0.25) is 0 Å². The van der Waals surface area contributed by atoms with Crippen molar-refractivity contribution in [3.63, 3.8) is 0 Å². The van der Waals surface area contributed by atoms with Crippen LogP contribution in [0.25, 0.3) is 0 Å². The van der Waals surface area contributed by atoms with Gasteiger partial charge in [-0.25, -0.2) is 14.6 Å². The summed E-state index contributed by atoms with van der Waals surface area (Å²) in [5.41, 5.74) is 2.47. The molecule has 1 aromatic heterocycles. The number of nitrogens with one attached hydrogen (secondary N) is 2. The predicted molar refractivity (Wildman–Crippen MR) is 117 cm³/mol. The normalized spacial score (nSPS) is 20.8. The molecule has 0 aromatic carbocycles. The van der Waals surface area contributed by atoms with Gasteiger partial charge in [0.05, 0.1) is 19.3 Å². The Hall–Kier alpha value is -2.35. The van der Waals surface area contributed by atoms with Crippen LogP contribution in [0.4, 0.5) is 10.6 Å². The highest BCUT2D eigenvalue weighted by atomic mass is 16.6. The number of anilines is 1. The number of pyridine rings is 1. The third-order valence-electron chi connectivity index (χ3n) is 5.83. The van der Waals surface area contributed by atoms with E-state index in [-0.39, 0.29) is 12.2 Å². The van der Waals surface area contributed by atoms with Crippen molar-refractivity contribution in [3.8, 4) is 0 Å². The fraction of sp³-hybridized carbons (Fsp3) is 0.696. The third-order valence-corrected chi connectivity index (χ3v) is 5.83. The summed E-state index contributed by atoms with van der Waals surface area (Å²) in [6.45, 7) is 4.90. The van der Waals surface area contributed by atoms with Crippen LogP contribution in [0.5, 0.6) is 0 Å². The van der Waals surface area contributed by atoms with Crippen LogP contribution < -0.4 is 10.6 Å². The maximum Gasteiger partial charge on any atom is 0.408 e. The van der Waals surface area contributed by atoms with Crippen molar-refractivity contribution in [2.75, 3.05) is 25.6 Å². The molecular weight excluding hydrogens is 398 g/mol. The molecule has 0 saturated heterocycles. The van der Waals surface area contributed by atoms with Crippen molar-refractivity contribution in [3.05, 3.63) is 23.4 Å². The molecule has 1 aromatic rings. The monoisotopic (exact) mass is 433 g/mol. The Morgan fingerprint density at radius 3 is 2.84 bits per heavy atom. The Labute approximate surface area is 184 Å². The Kier molecular flexibility index (Phi) is 8.51. The molecule has 8 nitrogen and oxygen atoms in total. The molecule has 1 amide bonds. The Bertz CT molecular complexity index is 749. The van der Waals surface area contributed by atoms with Crippen LogP contribution in [0.1, 0.15) is 57.2 Å². The number of rotatable bonds is 10. The number of amides is 1. The van der Waals surface area contributed by atoms with E-state index in [9.17, 15) is 9.59 Å². The van der Waals surface area contributed by atoms with Crippen LogP contribution in [-0.2, 0) is 31.8 Å². The summed E-state index contributed by atoms with van der Waals surface area (Å²) in [6, 6.07) is 3.60. The van der Waals surface area contributed by atoms with E-state index in [1.165, 1.54) is 19.1 Å². The van der Waals surface area contributed by atoms with Crippen LogP contribution >= 0.6 is 0 Å². The molecule has 2 heterocycles. The van der Waals surface area contributed by atoms with Crippen molar-refractivity contribution in [1.29, 1.82) is 0 Å². The molecule has 1 aliphatic heterocycles. The van der Waals surface area contributed by atoms with Crippen LogP contribution in [0, 0.1) is 5.92 Å². The average Bonchev–Trinajstić information content (AvgIpc) is 2.72. The van der Waals surface area contributed by atoms with E-state index in [0.717, 1.165) is 50.2 Å². The lowest BCUT2D eigenvalue weighted by molar-refractivity contribution is -0.144. The molecule has 172 valence electrons. The lowest BCUT2D eigenvalue weighted by Crippen LogP contribution is -2.43. The van der Waals surface area contributed by atoms with Crippen molar-refractivity contribution in [2.45, 2.75) is 77.0 Å². The minimum absolute atomic E-state index is 0.212. The highest BCUT2D eigenvalue weighted by Gasteiger charge is 2.30. The number of hydrogen-bond acceptors (Lipinski definition) is 7. The first-order valence-corrected chi connectivity index (χ1v) is 11.3. The summed E-state index contributed by atoms with van der Waals surface area (Å²) in [6.07, 6.45) is 6.12. The summed E-state index contributed by atoms with van der Waals surface area (Å²) in [4.78, 5) is 28.4. The van der Waals surface area contributed by atoms with Crippen molar-refractivity contribution >= 4 is 17.9 Å². The Morgan fingerprint density at radius 1 is 1.29 bits per heavy atom. The number of fused-ring (bicyclic) bond motifs is 1. The van der Waals surface area contributed by atoms with Crippen molar-refractivity contribution < 1.29 is 23.8 Å². The maximum atomic E-state index is 11.9. The second-order valence-electron chi connectivity index (χ2n) is 8.67. The summed E-state index contributed by atoms with van der Waals surface area (Å²) < 4.78 is 15.7. The number of aryl methyl sites for hydroxylation is 2. The molecule has 0 radical (unpaired) electrons. The fourth-order valence-corrected chi connectivity index (χ4v) is 4.04. The zero-order valence-electron chi connectivity index (χ0n) is 18.8. The van der Waals surface area contributed by atoms with Gasteiger partial charge in [-0.2, -0.15) is 0 Å². The molecule has 1 atom stereocenters. The van der Waals surface area contributed by atoms with Crippen LogP contribution in [-0.4, -0.2) is 55.6 Å². The third kappa shape index (κ3) is 7.09. The molecule has 2 N–H and O–H groups in total. The van der Waals surface area contributed by atoms with Gasteiger partial charge in [0.15, 0.2) is 0 Å². The number of carbonyl (C=O) groups excluding carboxylic acids is 2. The zero-order valence-corrected chi connectivity index (χ0v) is 18.8. The molecule has 0 spiro atoms. The van der Waals surface area contributed by atoms with E-state index in [4.69, 9.17) is 19.2 Å². The standard InChI is InChI=1S/C23H35N3O5/c1-15(2)31-23(28)26-20(22(27)29-3)10-12-30-19-13-16(14-19)6-8-18-9-7-17-5-4-11-24-21(17)25-18/h7,9,15-16,19-20H,4-6,8,10-14H2,1-3H3,(H,24,25)(H,26,28). The van der Waals surface area contributed by atoms with E-state index in [1.807, 2.05) is 0 Å². The largest absolute Gasteiger partial charge is 0.467 e. The minimum Gasteiger partial charge on any atom is -0.467 e. The van der Waals surface area contributed by atoms with Gasteiger partial charge in [0.2, 0.25) is 0 Å². The molecule has 3 rings (SSSR count). The summed E-state index contributed by atoms with van der Waals surface area (Å²) in [5.74, 6) is 1.21. The van der Waals surface area contributed by atoms with Gasteiger partial charge in [-0.15, -0.1) is 0 Å². The van der Waals surface area contributed by atoms with Crippen LogP contribution in [0.3, 0.4) is 0 Å². The number of ether oxygens (including phenoxy) is 3. The van der Waals surface area contributed by atoms with E-state index in [0.29, 0.717) is 18.9 Å². The molecule has 1 saturated carbocycles. The van der Waals surface area contributed by atoms with E-state index >= 15 is 0 Å². The number of hydrogen-bond donors (Lipinski definition) is 2. The van der Waals surface area contributed by atoms with E-state index in [1.54, 1.807) is 13.8 Å². The number of aromatic nitrogens is 1. The summed E-state index contributed by atoms with van der Waals surface area (Å²) in [7, 11) is 1.30. The summed E-state index contributed by atoms with van der Waals surface area (Å²) >= 11 is 0. The molecule has 8 heteroatoms. The fourth-order valence-electron chi connectivity index (χ4n) is 4.04. The van der Waals surface area contributed by atoms with E-state index < -0.39 is 18.1 Å². The summed E-state index contributed by atoms with van der Waals surface area (Å²) in [5, 5.41) is 5.94. The molecule has 1 unspecified atom stereocenters. The van der Waals surface area contributed by atoms with Gasteiger partial charge in [-0.05, 0) is 69.9 Å². The number of nitrogens with zero attached hydrogens (tertiary/aromatic N) is 1. The Balaban J connectivity index is 1.33. The topological polar surface area (TPSA) is 98.8 Å². The first-order valence-electron chi connectivity index (χ1n) is 11.3. The average molecular weight is 434 g/mol. The van der Waals surface area contributed by atoms with Gasteiger partial charge in [0, 0.05) is 25.3 Å². The number of carbonyl (C=O) groups is 2. The first-order chi connectivity index (χ1) is 14.9. The van der Waals surface area contributed by atoms with E-state index in [2.05, 4.69) is 22.8 Å². The molecule has 31 heavy (non-hydrogen) atoms. The molecule has 1 aliphatic carbocycles. The SMILES string of the molecule is COC(=O)C(CCOC1CC(CCc2ccc3c(n2)NCCC3)C1)NC(=O)OC(C)C. The van der Waals surface area contributed by atoms with Gasteiger partial charge in [0.1, 0.15) is 11.9 Å². The Morgan fingerprint density at radius 2 is 2.10 bits per heavy atom. The van der Waals surface area contributed by atoms with Crippen molar-refractivity contribution in [1.82, 2.24) is 10.3 Å². The first kappa shape index (κ1) is 23.3. The highest BCUT2D eigenvalue weighted by molar-refractivity contribution is 5.81. The van der Waals surface area contributed by atoms with Gasteiger partial charge in [-0.1, -0.05) is 6.07 Å². The minimum atomic E-state index is -0.768. The molecule has 2 aliphatic rings. The maximum absolute atomic E-state index is 11.9. The molecule has 0 bridgehead atoms. The lowest BCUT2D eigenvalue weighted by atomic mass is 9.79. The lowest BCUT2D eigenvalue weighted by Gasteiger charge is -2.35. The van der Waals surface area contributed by atoms with Gasteiger partial charge >= 0.3 is 12.1 Å². The number of alkyl carbamates (subject to hydrolysis) is 1. The van der Waals surface area contributed by atoms with Crippen molar-refractivity contribution in [2.24, 2.45) is 5.92 Å². The number of methoxy groups -OCH3 is 1. The molecule has 1 fully saturated rings. The number of esters is 1. The second-order valence-corrected chi connectivity index (χ2v) is 8.67. The smallest absolute Gasteiger partial charge is 0.408 e. The van der Waals surface area contributed by atoms with Crippen LogP contribution in [0.2, 0.25) is 0 Å². The second kappa shape index (κ2) is 11.3. The molecular formula is C23H35N3O5. The van der Waals surface area contributed by atoms with Gasteiger partial charge < -0.3 is 24.8 Å². The van der Waals surface area contributed by atoms with Gasteiger partial charge in [0.25, 0.3) is 0 Å². The van der Waals surface area contributed by atoms with Crippen LogP contribution in [0.15, 0.2) is 12.1 Å².